The maximum absolute atomic E-state index is 12.6. The lowest BCUT2D eigenvalue weighted by Gasteiger charge is -2.40. The van der Waals surface area contributed by atoms with Crippen molar-refractivity contribution in [1.29, 1.82) is 0 Å². The van der Waals surface area contributed by atoms with E-state index in [1.54, 1.807) is 18.3 Å². The minimum absolute atomic E-state index is 0.335. The van der Waals surface area contributed by atoms with Crippen LogP contribution >= 0.6 is 0 Å². The maximum atomic E-state index is 12.6. The third kappa shape index (κ3) is 3.74. The van der Waals surface area contributed by atoms with Crippen molar-refractivity contribution in [3.8, 4) is 0 Å². The molecular formula is C26H28N5O3+. The second-order valence-corrected chi connectivity index (χ2v) is 9.23. The number of quaternary nitrogens is 1. The molecule has 8 heteroatoms. The van der Waals surface area contributed by atoms with Crippen molar-refractivity contribution in [2.75, 3.05) is 0 Å². The van der Waals surface area contributed by atoms with Crippen molar-refractivity contribution in [2.24, 2.45) is 4.99 Å². The monoisotopic (exact) mass is 458 g/mol. The predicted octanol–water partition coefficient (Wildman–Crippen LogP) is 4.79. The van der Waals surface area contributed by atoms with E-state index >= 15 is 0 Å². The number of amides is 1. The molecule has 3 aromatic rings. The average molecular weight is 459 g/mol. The molecule has 2 aromatic carbocycles. The fourth-order valence-electron chi connectivity index (χ4n) is 5.16. The molecule has 1 aromatic heterocycles. The van der Waals surface area contributed by atoms with Gasteiger partial charge in [0.15, 0.2) is 5.69 Å². The van der Waals surface area contributed by atoms with Crippen molar-refractivity contribution in [3.05, 3.63) is 53.9 Å². The number of hydrogen-bond donors (Lipinski definition) is 2. The minimum atomic E-state index is -1.07. The van der Waals surface area contributed by atoms with Crippen molar-refractivity contribution >= 4 is 46.3 Å². The van der Waals surface area contributed by atoms with E-state index in [0.29, 0.717) is 16.1 Å². The lowest BCUT2D eigenvalue weighted by atomic mass is 9.91. The highest BCUT2D eigenvalue weighted by molar-refractivity contribution is 6.02. The number of aromatic nitrogens is 2. The second kappa shape index (κ2) is 8.61. The van der Waals surface area contributed by atoms with Crippen LogP contribution in [0.3, 0.4) is 0 Å². The van der Waals surface area contributed by atoms with Gasteiger partial charge >= 0.3 is 5.97 Å². The molecule has 0 saturated heterocycles. The number of hydrogen-bond acceptors (Lipinski definition) is 5. The van der Waals surface area contributed by atoms with Gasteiger partial charge in [0.25, 0.3) is 5.91 Å². The van der Waals surface area contributed by atoms with Crippen LogP contribution in [-0.2, 0) is 4.79 Å². The normalized spacial score (nSPS) is 20.8. The summed E-state index contributed by atoms with van der Waals surface area (Å²) in [6.45, 7) is 3.38. The van der Waals surface area contributed by atoms with Crippen LogP contribution in [-0.4, -0.2) is 45.4 Å². The number of carboxylic acids is 1. The maximum Gasteiger partial charge on any atom is 0.325 e. The molecule has 0 bridgehead atoms. The number of nitrogens with one attached hydrogen (secondary N) is 1. The smallest absolute Gasteiger partial charge is 0.325 e. The molecule has 1 aliphatic carbocycles. The Kier molecular flexibility index (Phi) is 5.61. The molecule has 0 radical (unpaired) electrons. The van der Waals surface area contributed by atoms with Crippen LogP contribution < -0.4 is 9.80 Å². The highest BCUT2D eigenvalue weighted by Crippen LogP contribution is 2.49. The molecule has 1 fully saturated rings. The van der Waals surface area contributed by atoms with Gasteiger partial charge < -0.3 is 10.4 Å². The highest BCUT2D eigenvalue weighted by atomic mass is 16.4. The van der Waals surface area contributed by atoms with Gasteiger partial charge in [-0.05, 0) is 44.9 Å². The Balaban J connectivity index is 1.59. The Labute approximate surface area is 198 Å². The van der Waals surface area contributed by atoms with E-state index in [0.717, 1.165) is 46.6 Å². The van der Waals surface area contributed by atoms with Crippen LogP contribution in [0, 0.1) is 6.92 Å². The van der Waals surface area contributed by atoms with Gasteiger partial charge in [-0.25, -0.2) is 9.47 Å². The average Bonchev–Trinajstić information content (AvgIpc) is 3.24. The Bertz CT molecular complexity index is 1320. The molecule has 2 aliphatic rings. The van der Waals surface area contributed by atoms with Gasteiger partial charge in [-0.2, -0.15) is 4.99 Å². The number of rotatable bonds is 5. The molecule has 34 heavy (non-hydrogen) atoms. The molecule has 0 spiro atoms. The summed E-state index contributed by atoms with van der Waals surface area (Å²) >= 11 is 0. The third-order valence-corrected chi connectivity index (χ3v) is 6.96. The van der Waals surface area contributed by atoms with E-state index < -0.39 is 17.9 Å². The fraction of sp³-hybridized carbons (Fsp3) is 0.346. The number of aliphatic carboxylic acids is 1. The largest absolute Gasteiger partial charge is 0.480 e. The Morgan fingerprint density at radius 2 is 1.88 bits per heavy atom. The summed E-state index contributed by atoms with van der Waals surface area (Å²) in [5.74, 6) is -1.50. The van der Waals surface area contributed by atoms with Crippen LogP contribution in [0.25, 0.3) is 11.0 Å². The quantitative estimate of drug-likeness (QED) is 0.535. The lowest BCUT2D eigenvalue weighted by Crippen LogP contribution is -2.51. The molecule has 1 amide bonds. The fourth-order valence-corrected chi connectivity index (χ4v) is 5.16. The molecule has 1 aliphatic heterocycles. The number of nitrogens with zero attached hydrogens (tertiary/aromatic N) is 4. The molecule has 1 saturated carbocycles. The SMILES string of the molecule is Cc1cnc2cc([N+]3(C4CCCCC4)C=Nc4cc(C(=O)NC(C)C(=O)O)ccc43)ccc2n1. The van der Waals surface area contributed by atoms with Gasteiger partial charge in [-0.15, -0.1) is 0 Å². The summed E-state index contributed by atoms with van der Waals surface area (Å²) in [5, 5.41) is 11.6. The van der Waals surface area contributed by atoms with E-state index in [4.69, 9.17) is 10.1 Å². The lowest BCUT2D eigenvalue weighted by molar-refractivity contribution is -0.138. The van der Waals surface area contributed by atoms with Crippen LogP contribution in [0.4, 0.5) is 17.1 Å². The topological polar surface area (TPSA) is 105 Å². The van der Waals surface area contributed by atoms with E-state index in [1.165, 1.54) is 26.2 Å². The summed E-state index contributed by atoms with van der Waals surface area (Å²) in [7, 11) is 0. The van der Waals surface area contributed by atoms with Crippen molar-refractivity contribution in [1.82, 2.24) is 19.8 Å². The van der Waals surface area contributed by atoms with Crippen LogP contribution in [0.5, 0.6) is 0 Å². The summed E-state index contributed by atoms with van der Waals surface area (Å²) in [6, 6.07) is 11.1. The number of fused-ring (bicyclic) bond motifs is 2. The highest BCUT2D eigenvalue weighted by Gasteiger charge is 2.46. The number of carbonyl (C=O) groups excluding carboxylic acids is 1. The van der Waals surface area contributed by atoms with E-state index in [9.17, 15) is 9.59 Å². The third-order valence-electron chi connectivity index (χ3n) is 6.96. The van der Waals surface area contributed by atoms with Gasteiger partial charge in [0.2, 0.25) is 6.34 Å². The number of carboxylic acid groups (broad SMARTS) is 1. The number of carbonyl (C=O) groups is 2. The Morgan fingerprint density at radius 3 is 2.65 bits per heavy atom. The van der Waals surface area contributed by atoms with E-state index in [1.807, 2.05) is 25.4 Å². The molecular weight excluding hydrogens is 430 g/mol. The summed E-state index contributed by atoms with van der Waals surface area (Å²) < 4.78 is 0.494. The van der Waals surface area contributed by atoms with Gasteiger partial charge in [-0.1, -0.05) is 6.42 Å². The van der Waals surface area contributed by atoms with Crippen molar-refractivity contribution in [3.63, 3.8) is 0 Å². The number of benzene rings is 2. The molecule has 5 rings (SSSR count). The van der Waals surface area contributed by atoms with Gasteiger partial charge in [0.1, 0.15) is 23.5 Å². The zero-order valence-corrected chi connectivity index (χ0v) is 19.4. The molecule has 2 heterocycles. The number of aliphatic imine (C=N–C) groups is 1. The molecule has 8 nitrogen and oxygen atoms in total. The Morgan fingerprint density at radius 1 is 1.09 bits per heavy atom. The summed E-state index contributed by atoms with van der Waals surface area (Å²) in [6.07, 6.45) is 9.53. The van der Waals surface area contributed by atoms with Gasteiger partial charge in [-0.3, -0.25) is 14.6 Å². The van der Waals surface area contributed by atoms with Crippen LogP contribution in [0.1, 0.15) is 55.1 Å². The van der Waals surface area contributed by atoms with Crippen molar-refractivity contribution in [2.45, 2.75) is 58.0 Å². The Hall–Kier alpha value is -3.65. The minimum Gasteiger partial charge on any atom is -0.480 e. The molecule has 174 valence electrons. The molecule has 2 atom stereocenters. The zero-order chi connectivity index (χ0) is 23.9. The first-order valence-electron chi connectivity index (χ1n) is 11.7. The first kappa shape index (κ1) is 22.2. The predicted molar refractivity (Wildman–Crippen MR) is 132 cm³/mol. The second-order valence-electron chi connectivity index (χ2n) is 9.23. The standard InChI is InChI=1S/C26H27N5O3/c1-16-14-27-22-13-20(9-10-21(22)29-16)31(19-6-4-3-5-7-19)15-28-23-12-18(8-11-24(23)31)25(32)30-17(2)26(33)34/h8-15,17,19H,3-7H2,1-2H3,(H-,30,32,33,34)/p+1. The van der Waals surface area contributed by atoms with E-state index in [-0.39, 0.29) is 0 Å². The molecule has 2 N–H and O–H groups in total. The van der Waals surface area contributed by atoms with Gasteiger partial charge in [0, 0.05) is 42.8 Å². The zero-order valence-electron chi connectivity index (χ0n) is 19.4. The summed E-state index contributed by atoms with van der Waals surface area (Å²) in [5.41, 5.74) is 5.82. The first-order valence-corrected chi connectivity index (χ1v) is 11.7. The van der Waals surface area contributed by atoms with E-state index in [2.05, 4.69) is 27.4 Å². The van der Waals surface area contributed by atoms with Crippen molar-refractivity contribution < 1.29 is 14.7 Å². The molecule has 2 unspecified atom stereocenters. The van der Waals surface area contributed by atoms with Crippen LogP contribution in [0.15, 0.2) is 47.6 Å². The summed E-state index contributed by atoms with van der Waals surface area (Å²) in [4.78, 5) is 37.7. The first-order chi connectivity index (χ1) is 16.4. The van der Waals surface area contributed by atoms with Crippen LogP contribution in [0.2, 0.25) is 0 Å². The van der Waals surface area contributed by atoms with Gasteiger partial charge in [0.05, 0.1) is 16.7 Å². The number of aryl methyl sites for hydroxylation is 1.